The number of aliphatic carboxylic acids is 1. The Labute approximate surface area is 242 Å². The predicted molar refractivity (Wildman–Crippen MR) is 154 cm³/mol. The summed E-state index contributed by atoms with van der Waals surface area (Å²) in [6, 6.07) is 17.0. The second-order valence-electron chi connectivity index (χ2n) is 11.3. The van der Waals surface area contributed by atoms with Gasteiger partial charge >= 0.3 is 5.97 Å². The van der Waals surface area contributed by atoms with E-state index >= 15 is 0 Å². The molecule has 2 aliphatic heterocycles. The molecule has 0 bridgehead atoms. The standard InChI is InChI=1S/C32H33F2N5O3/c1-21(22-6-3-2-4-7-22)37-16-12-32(13-17-37,31(41)42)36-30(40)26-20-35-39-15-11-24(19-29(26)39)38-14-5-8-28(38)25-18-23(33)9-10-27(25)34/h2-4,6-7,9-11,15,18-21,28H,5,8,12-14,16-17H2,1H3,(H,36,40)(H,41,42). The number of piperidine rings is 1. The molecule has 8 nitrogen and oxygen atoms in total. The van der Waals surface area contributed by atoms with Crippen molar-refractivity contribution in [3.05, 3.63) is 101 Å². The molecule has 6 rings (SSSR count). The molecular weight excluding hydrogens is 540 g/mol. The molecule has 2 saturated heterocycles. The van der Waals surface area contributed by atoms with Crippen LogP contribution in [0.1, 0.15) is 66.2 Å². The van der Waals surface area contributed by atoms with Crippen molar-refractivity contribution in [2.75, 3.05) is 24.5 Å². The smallest absolute Gasteiger partial charge is 0.329 e. The van der Waals surface area contributed by atoms with Crippen molar-refractivity contribution in [1.29, 1.82) is 0 Å². The van der Waals surface area contributed by atoms with Gasteiger partial charge in [-0.1, -0.05) is 30.3 Å². The zero-order valence-corrected chi connectivity index (χ0v) is 23.3. The number of rotatable bonds is 7. The van der Waals surface area contributed by atoms with Gasteiger partial charge in [0.2, 0.25) is 0 Å². The van der Waals surface area contributed by atoms with E-state index in [2.05, 4.69) is 34.4 Å². The van der Waals surface area contributed by atoms with Gasteiger partial charge in [0.1, 0.15) is 17.2 Å². The van der Waals surface area contributed by atoms with Gasteiger partial charge < -0.3 is 15.3 Å². The molecule has 2 aromatic carbocycles. The molecule has 4 heterocycles. The first-order chi connectivity index (χ1) is 20.3. The second kappa shape index (κ2) is 11.2. The molecular formula is C32H33F2N5O3. The first-order valence-electron chi connectivity index (χ1n) is 14.3. The molecule has 10 heteroatoms. The highest BCUT2D eigenvalue weighted by Gasteiger charge is 2.44. The molecule has 0 saturated carbocycles. The third-order valence-electron chi connectivity index (χ3n) is 8.89. The summed E-state index contributed by atoms with van der Waals surface area (Å²) in [6.45, 7) is 3.79. The number of hydrogen-bond acceptors (Lipinski definition) is 5. The van der Waals surface area contributed by atoms with Gasteiger partial charge in [-0.2, -0.15) is 5.10 Å². The normalized spacial score (nSPS) is 19.6. The maximum Gasteiger partial charge on any atom is 0.329 e. The Balaban J connectivity index is 1.22. The van der Waals surface area contributed by atoms with Crippen LogP contribution in [0.25, 0.3) is 5.52 Å². The molecule has 2 fully saturated rings. The number of nitrogens with one attached hydrogen (secondary N) is 1. The van der Waals surface area contributed by atoms with Gasteiger partial charge in [-0.15, -0.1) is 0 Å². The molecule has 0 spiro atoms. The second-order valence-corrected chi connectivity index (χ2v) is 11.3. The summed E-state index contributed by atoms with van der Waals surface area (Å²) in [5.74, 6) is -2.52. The Morgan fingerprint density at radius 3 is 2.55 bits per heavy atom. The van der Waals surface area contributed by atoms with Gasteiger partial charge in [0.25, 0.3) is 5.91 Å². The summed E-state index contributed by atoms with van der Waals surface area (Å²) in [6.07, 6.45) is 5.16. The Kier molecular flexibility index (Phi) is 7.40. The van der Waals surface area contributed by atoms with Gasteiger partial charge in [-0.05, 0) is 68.5 Å². The van der Waals surface area contributed by atoms with Crippen molar-refractivity contribution in [3.8, 4) is 0 Å². The number of fused-ring (bicyclic) bond motifs is 1. The van der Waals surface area contributed by atoms with E-state index in [0.717, 1.165) is 29.8 Å². The Hall–Kier alpha value is -4.31. The lowest BCUT2D eigenvalue weighted by molar-refractivity contribution is -0.146. The van der Waals surface area contributed by atoms with Gasteiger partial charge in [0.05, 0.1) is 23.3 Å². The average Bonchev–Trinajstić information content (AvgIpc) is 3.66. The fourth-order valence-electron chi connectivity index (χ4n) is 6.40. The molecule has 2 aromatic heterocycles. The average molecular weight is 574 g/mol. The fourth-order valence-corrected chi connectivity index (χ4v) is 6.40. The van der Waals surface area contributed by atoms with Crippen LogP contribution in [0.15, 0.2) is 73.1 Å². The number of halogens is 2. The number of likely N-dealkylation sites (tertiary alicyclic amines) is 1. The van der Waals surface area contributed by atoms with Gasteiger partial charge in [0.15, 0.2) is 0 Å². The molecule has 218 valence electrons. The summed E-state index contributed by atoms with van der Waals surface area (Å²) in [4.78, 5) is 30.4. The number of aromatic nitrogens is 2. The van der Waals surface area contributed by atoms with Crippen LogP contribution in [0.2, 0.25) is 0 Å². The van der Waals surface area contributed by atoms with Crippen molar-refractivity contribution < 1.29 is 23.5 Å². The number of carboxylic acid groups (broad SMARTS) is 1. The zero-order chi connectivity index (χ0) is 29.4. The number of carbonyl (C=O) groups is 2. The van der Waals surface area contributed by atoms with E-state index in [1.807, 2.05) is 29.2 Å². The maximum absolute atomic E-state index is 14.7. The lowest BCUT2D eigenvalue weighted by Gasteiger charge is -2.41. The zero-order valence-electron chi connectivity index (χ0n) is 23.3. The highest BCUT2D eigenvalue weighted by atomic mass is 19.1. The van der Waals surface area contributed by atoms with Crippen LogP contribution >= 0.6 is 0 Å². The fraction of sp³-hybridized carbons (Fsp3) is 0.344. The summed E-state index contributed by atoms with van der Waals surface area (Å²) in [7, 11) is 0. The van der Waals surface area contributed by atoms with Crippen molar-refractivity contribution in [3.63, 3.8) is 0 Å². The van der Waals surface area contributed by atoms with Crippen molar-refractivity contribution >= 4 is 23.1 Å². The highest BCUT2D eigenvalue weighted by molar-refractivity contribution is 6.03. The van der Waals surface area contributed by atoms with Crippen LogP contribution < -0.4 is 10.2 Å². The summed E-state index contributed by atoms with van der Waals surface area (Å²) < 4.78 is 30.2. The first kappa shape index (κ1) is 27.8. The molecule has 2 aliphatic rings. The Bertz CT molecular complexity index is 1620. The summed E-state index contributed by atoms with van der Waals surface area (Å²) in [5.41, 5.74) is 1.57. The first-order valence-corrected chi connectivity index (χ1v) is 14.3. The van der Waals surface area contributed by atoms with Crippen LogP contribution in [-0.4, -0.2) is 56.7 Å². The van der Waals surface area contributed by atoms with E-state index in [9.17, 15) is 23.5 Å². The van der Waals surface area contributed by atoms with E-state index in [4.69, 9.17) is 0 Å². The van der Waals surface area contributed by atoms with Crippen LogP contribution in [0.5, 0.6) is 0 Å². The minimum atomic E-state index is -1.40. The topological polar surface area (TPSA) is 90.2 Å². The van der Waals surface area contributed by atoms with E-state index in [1.54, 1.807) is 16.8 Å². The van der Waals surface area contributed by atoms with Crippen LogP contribution in [-0.2, 0) is 4.79 Å². The maximum atomic E-state index is 14.7. The lowest BCUT2D eigenvalue weighted by Crippen LogP contribution is -2.60. The van der Waals surface area contributed by atoms with Crippen molar-refractivity contribution in [2.24, 2.45) is 0 Å². The molecule has 4 aromatic rings. The number of pyridine rings is 1. The Morgan fingerprint density at radius 2 is 1.81 bits per heavy atom. The number of nitrogens with zero attached hydrogens (tertiary/aromatic N) is 4. The molecule has 2 unspecified atom stereocenters. The van der Waals surface area contributed by atoms with E-state index in [-0.39, 0.29) is 30.5 Å². The largest absolute Gasteiger partial charge is 0.480 e. The minimum absolute atomic E-state index is 0.127. The van der Waals surface area contributed by atoms with Crippen LogP contribution in [0.4, 0.5) is 14.5 Å². The lowest BCUT2D eigenvalue weighted by atomic mass is 9.86. The van der Waals surface area contributed by atoms with Gasteiger partial charge in [-0.3, -0.25) is 9.69 Å². The highest BCUT2D eigenvalue weighted by Crippen LogP contribution is 2.38. The molecule has 42 heavy (non-hydrogen) atoms. The number of amides is 1. The van der Waals surface area contributed by atoms with Gasteiger partial charge in [0, 0.05) is 43.1 Å². The van der Waals surface area contributed by atoms with Crippen molar-refractivity contribution in [2.45, 2.75) is 50.2 Å². The molecule has 0 aliphatic carbocycles. The molecule has 1 amide bonds. The molecule has 0 radical (unpaired) electrons. The third kappa shape index (κ3) is 5.11. The minimum Gasteiger partial charge on any atom is -0.480 e. The number of benzene rings is 2. The van der Waals surface area contributed by atoms with Crippen LogP contribution in [0, 0.1) is 11.6 Å². The SMILES string of the molecule is CC(c1ccccc1)N1CCC(NC(=O)c2cnn3ccc(N4CCCC4c4cc(F)ccc4F)cc23)(C(=O)O)CC1. The number of carboxylic acids is 1. The third-order valence-corrected chi connectivity index (χ3v) is 8.89. The van der Waals surface area contributed by atoms with E-state index in [1.165, 1.54) is 12.3 Å². The van der Waals surface area contributed by atoms with E-state index in [0.29, 0.717) is 37.1 Å². The number of carbonyl (C=O) groups excluding carboxylic acids is 1. The summed E-state index contributed by atoms with van der Waals surface area (Å²) >= 11 is 0. The quantitative estimate of drug-likeness (QED) is 0.309. The van der Waals surface area contributed by atoms with E-state index < -0.39 is 29.0 Å². The van der Waals surface area contributed by atoms with Crippen LogP contribution in [0.3, 0.4) is 0 Å². The molecule has 2 N–H and O–H groups in total. The number of anilines is 1. The van der Waals surface area contributed by atoms with Gasteiger partial charge in [-0.25, -0.2) is 18.1 Å². The summed E-state index contributed by atoms with van der Waals surface area (Å²) in [5, 5.41) is 17.4. The van der Waals surface area contributed by atoms with Crippen molar-refractivity contribution in [1.82, 2.24) is 19.8 Å². The molecule has 2 atom stereocenters. The Morgan fingerprint density at radius 1 is 1.05 bits per heavy atom. The monoisotopic (exact) mass is 573 g/mol. The predicted octanol–water partition coefficient (Wildman–Crippen LogP) is 5.36. The number of hydrogen-bond donors (Lipinski definition) is 2.